The van der Waals surface area contributed by atoms with E-state index in [9.17, 15) is 9.59 Å². The Hall–Kier alpha value is -3.40. The van der Waals surface area contributed by atoms with Gasteiger partial charge in [-0.3, -0.25) is 0 Å². The van der Waals surface area contributed by atoms with Crippen LogP contribution >= 0.6 is 0 Å². The van der Waals surface area contributed by atoms with E-state index in [2.05, 4.69) is 0 Å². The number of hydrogen-bond acceptors (Lipinski definition) is 4. The molecule has 0 saturated carbocycles. The zero-order valence-corrected chi connectivity index (χ0v) is 13.6. The number of ether oxygens (including phenoxy) is 2. The van der Waals surface area contributed by atoms with E-state index in [1.54, 1.807) is 66.7 Å². The van der Waals surface area contributed by atoms with E-state index in [1.807, 2.05) is 19.1 Å². The van der Waals surface area contributed by atoms with Crippen molar-refractivity contribution in [1.82, 2.24) is 0 Å². The van der Waals surface area contributed by atoms with Crippen molar-refractivity contribution in [2.75, 3.05) is 0 Å². The van der Waals surface area contributed by atoms with Crippen molar-refractivity contribution in [3.63, 3.8) is 0 Å². The van der Waals surface area contributed by atoms with Gasteiger partial charge in [0.05, 0.1) is 5.56 Å². The van der Waals surface area contributed by atoms with Crippen LogP contribution in [0.3, 0.4) is 0 Å². The highest BCUT2D eigenvalue weighted by Gasteiger charge is 2.18. The van der Waals surface area contributed by atoms with Gasteiger partial charge in [-0.05, 0) is 48.9 Å². The molecule has 0 heterocycles. The summed E-state index contributed by atoms with van der Waals surface area (Å²) >= 11 is 0. The van der Waals surface area contributed by atoms with Crippen LogP contribution in [0.15, 0.2) is 78.9 Å². The largest absolute Gasteiger partial charge is 0.423 e. The second-order valence-electron chi connectivity index (χ2n) is 5.46. The zero-order chi connectivity index (χ0) is 17.6. The van der Waals surface area contributed by atoms with Crippen molar-refractivity contribution in [2.45, 2.75) is 6.92 Å². The fourth-order valence-electron chi connectivity index (χ4n) is 2.28. The monoisotopic (exact) mass is 332 g/mol. The normalized spacial score (nSPS) is 10.1. The second kappa shape index (κ2) is 7.45. The fraction of sp³-hybridized carbons (Fsp3) is 0.0476. The van der Waals surface area contributed by atoms with Crippen molar-refractivity contribution in [1.29, 1.82) is 0 Å². The molecule has 0 unspecified atom stereocenters. The smallest absolute Gasteiger partial charge is 0.347 e. The Bertz CT molecular complexity index is 886. The highest BCUT2D eigenvalue weighted by molar-refractivity contribution is 5.97. The average Bonchev–Trinajstić information content (AvgIpc) is 2.64. The molecule has 3 aromatic carbocycles. The maximum atomic E-state index is 12.5. The molecule has 0 fully saturated rings. The lowest BCUT2D eigenvalue weighted by Crippen LogP contribution is -2.14. The molecule has 3 rings (SSSR count). The molecule has 0 N–H and O–H groups in total. The van der Waals surface area contributed by atoms with E-state index >= 15 is 0 Å². The van der Waals surface area contributed by atoms with Gasteiger partial charge in [0.15, 0.2) is 0 Å². The molecule has 3 aromatic rings. The van der Waals surface area contributed by atoms with Gasteiger partial charge in [0.2, 0.25) is 0 Å². The van der Waals surface area contributed by atoms with Gasteiger partial charge in [-0.2, -0.15) is 0 Å². The molecule has 0 aliphatic carbocycles. The van der Waals surface area contributed by atoms with Crippen molar-refractivity contribution in [3.8, 4) is 11.5 Å². The van der Waals surface area contributed by atoms with E-state index in [4.69, 9.17) is 9.47 Å². The van der Waals surface area contributed by atoms with Crippen LogP contribution in [0.25, 0.3) is 0 Å². The molecule has 0 spiro atoms. The summed E-state index contributed by atoms with van der Waals surface area (Å²) in [5.74, 6) is -0.515. The van der Waals surface area contributed by atoms with Crippen LogP contribution in [0.5, 0.6) is 11.5 Å². The van der Waals surface area contributed by atoms with Crippen molar-refractivity contribution in [2.24, 2.45) is 0 Å². The minimum absolute atomic E-state index is 0.167. The van der Waals surface area contributed by atoms with Crippen LogP contribution in [0.1, 0.15) is 26.3 Å². The van der Waals surface area contributed by atoms with Crippen LogP contribution in [0.2, 0.25) is 0 Å². The Balaban J connectivity index is 1.85. The average molecular weight is 332 g/mol. The Kier molecular flexibility index (Phi) is 4.90. The summed E-state index contributed by atoms with van der Waals surface area (Å²) in [5.41, 5.74) is 1.47. The van der Waals surface area contributed by atoms with Crippen LogP contribution in [0.4, 0.5) is 0 Å². The van der Waals surface area contributed by atoms with Crippen molar-refractivity contribution < 1.29 is 19.1 Å². The number of rotatable bonds is 4. The third-order valence-corrected chi connectivity index (χ3v) is 3.52. The lowest BCUT2D eigenvalue weighted by molar-refractivity contribution is 0.0707. The number of carbonyl (C=O) groups is 2. The summed E-state index contributed by atoms with van der Waals surface area (Å²) in [6, 6.07) is 22.4. The summed E-state index contributed by atoms with van der Waals surface area (Å²) in [4.78, 5) is 24.7. The quantitative estimate of drug-likeness (QED) is 0.524. The zero-order valence-electron chi connectivity index (χ0n) is 13.6. The van der Waals surface area contributed by atoms with E-state index in [0.29, 0.717) is 11.3 Å². The van der Waals surface area contributed by atoms with E-state index in [1.165, 1.54) is 0 Å². The first kappa shape index (κ1) is 16.5. The first-order valence-corrected chi connectivity index (χ1v) is 7.78. The lowest BCUT2D eigenvalue weighted by Gasteiger charge is -2.11. The summed E-state index contributed by atoms with van der Waals surface area (Å²) in [6.45, 7) is 1.85. The summed E-state index contributed by atoms with van der Waals surface area (Å²) in [6.07, 6.45) is 0. The number of hydrogen-bond donors (Lipinski definition) is 0. The number of esters is 2. The predicted octanol–water partition coefficient (Wildman–Crippen LogP) is 4.43. The third-order valence-electron chi connectivity index (χ3n) is 3.52. The Morgan fingerprint density at radius 1 is 0.720 bits per heavy atom. The molecule has 0 aliphatic heterocycles. The topological polar surface area (TPSA) is 52.6 Å². The Morgan fingerprint density at radius 2 is 1.36 bits per heavy atom. The van der Waals surface area contributed by atoms with Gasteiger partial charge in [-0.25, -0.2) is 9.59 Å². The van der Waals surface area contributed by atoms with Crippen LogP contribution in [-0.4, -0.2) is 11.9 Å². The fourth-order valence-corrected chi connectivity index (χ4v) is 2.28. The van der Waals surface area contributed by atoms with Gasteiger partial charge in [-0.1, -0.05) is 42.5 Å². The van der Waals surface area contributed by atoms with Crippen molar-refractivity contribution >= 4 is 11.9 Å². The summed E-state index contributed by atoms with van der Waals surface area (Å²) in [5, 5.41) is 0. The maximum absolute atomic E-state index is 12.5. The van der Waals surface area contributed by atoms with E-state index in [0.717, 1.165) is 5.56 Å². The predicted molar refractivity (Wildman–Crippen MR) is 94.0 cm³/mol. The Morgan fingerprint density at radius 3 is 2.04 bits per heavy atom. The maximum Gasteiger partial charge on any atom is 0.347 e. The minimum Gasteiger partial charge on any atom is -0.423 e. The van der Waals surface area contributed by atoms with Gasteiger partial charge in [0.1, 0.15) is 17.1 Å². The van der Waals surface area contributed by atoms with Gasteiger partial charge in [-0.15, -0.1) is 0 Å². The highest BCUT2D eigenvalue weighted by Crippen LogP contribution is 2.23. The second-order valence-corrected chi connectivity index (χ2v) is 5.46. The summed E-state index contributed by atoms with van der Waals surface area (Å²) in [7, 11) is 0. The molecule has 4 heteroatoms. The molecule has 0 amide bonds. The minimum atomic E-state index is -0.578. The molecule has 25 heavy (non-hydrogen) atoms. The number of aryl methyl sites for hydroxylation is 1. The standard InChI is InChI=1S/C21H16O4/c1-15-12-13-19(25-20(22)16-8-4-2-5-9-16)18(14-15)21(23)24-17-10-6-3-7-11-17/h2-14H,1H3. The van der Waals surface area contributed by atoms with Crippen LogP contribution in [0, 0.1) is 6.92 Å². The molecule has 0 bridgehead atoms. The molecule has 0 saturated heterocycles. The molecule has 0 aliphatic rings. The Labute approximate surface area is 145 Å². The molecule has 0 atom stereocenters. The van der Waals surface area contributed by atoms with E-state index < -0.39 is 11.9 Å². The molecule has 124 valence electrons. The number of para-hydroxylation sites is 1. The molecule has 0 radical (unpaired) electrons. The lowest BCUT2D eigenvalue weighted by atomic mass is 10.1. The molecular weight excluding hydrogens is 316 g/mol. The van der Waals surface area contributed by atoms with Gasteiger partial charge < -0.3 is 9.47 Å². The SMILES string of the molecule is Cc1ccc(OC(=O)c2ccccc2)c(C(=O)Oc2ccccc2)c1. The van der Waals surface area contributed by atoms with Gasteiger partial charge >= 0.3 is 11.9 Å². The molecular formula is C21H16O4. The van der Waals surface area contributed by atoms with Gasteiger partial charge in [0.25, 0.3) is 0 Å². The van der Waals surface area contributed by atoms with Crippen LogP contribution < -0.4 is 9.47 Å². The first-order valence-electron chi connectivity index (χ1n) is 7.78. The number of benzene rings is 3. The van der Waals surface area contributed by atoms with E-state index in [-0.39, 0.29) is 11.3 Å². The number of carbonyl (C=O) groups excluding carboxylic acids is 2. The van der Waals surface area contributed by atoms with Crippen LogP contribution in [-0.2, 0) is 0 Å². The van der Waals surface area contributed by atoms with Gasteiger partial charge in [0, 0.05) is 0 Å². The summed E-state index contributed by atoms with van der Waals surface area (Å²) < 4.78 is 10.8. The first-order chi connectivity index (χ1) is 12.1. The highest BCUT2D eigenvalue weighted by atomic mass is 16.5. The van der Waals surface area contributed by atoms with Crippen molar-refractivity contribution in [3.05, 3.63) is 95.6 Å². The third kappa shape index (κ3) is 4.12. The molecule has 4 nitrogen and oxygen atoms in total. The molecule has 0 aromatic heterocycles.